The molecule has 0 saturated heterocycles. The van der Waals surface area contributed by atoms with E-state index in [0.717, 1.165) is 41.2 Å². The second-order valence-corrected chi connectivity index (χ2v) is 9.74. The molecule has 2 N–H and O–H groups in total. The van der Waals surface area contributed by atoms with Crippen molar-refractivity contribution in [1.82, 2.24) is 10.3 Å². The fourth-order valence-corrected chi connectivity index (χ4v) is 4.32. The Morgan fingerprint density at radius 1 is 1.00 bits per heavy atom. The van der Waals surface area contributed by atoms with Gasteiger partial charge in [-0.2, -0.15) is 13.2 Å². The highest BCUT2D eigenvalue weighted by molar-refractivity contribution is 6.04. The van der Waals surface area contributed by atoms with E-state index < -0.39 is 29.5 Å². The van der Waals surface area contributed by atoms with E-state index in [4.69, 9.17) is 9.15 Å². The van der Waals surface area contributed by atoms with Crippen LogP contribution < -0.4 is 10.1 Å². The summed E-state index contributed by atoms with van der Waals surface area (Å²) < 4.78 is 50.3. The van der Waals surface area contributed by atoms with Crippen LogP contribution in [-0.2, 0) is 30.4 Å². The van der Waals surface area contributed by atoms with E-state index in [2.05, 4.69) is 10.3 Å². The number of benzene rings is 3. The lowest BCUT2D eigenvalue weighted by molar-refractivity contribution is -0.139. The van der Waals surface area contributed by atoms with Gasteiger partial charge in [-0.25, -0.2) is 9.78 Å². The van der Waals surface area contributed by atoms with Gasteiger partial charge < -0.3 is 19.6 Å². The van der Waals surface area contributed by atoms with Gasteiger partial charge in [-0.05, 0) is 48.4 Å². The molecule has 1 atom stereocenters. The van der Waals surface area contributed by atoms with E-state index in [1.54, 1.807) is 31.2 Å². The summed E-state index contributed by atoms with van der Waals surface area (Å²) in [5.74, 6) is 0.195. The van der Waals surface area contributed by atoms with Crippen LogP contribution in [0.4, 0.5) is 13.2 Å². The monoisotopic (exact) mass is 592 g/mol. The number of hydrogen-bond acceptors (Lipinski definition) is 6. The first-order chi connectivity index (χ1) is 20.6. The molecule has 0 fully saturated rings. The van der Waals surface area contributed by atoms with Crippen molar-refractivity contribution >= 4 is 11.8 Å². The van der Waals surface area contributed by atoms with Gasteiger partial charge in [0.25, 0.3) is 0 Å². The number of halogens is 3. The summed E-state index contributed by atoms with van der Waals surface area (Å²) in [5.41, 5.74) is 1.86. The van der Waals surface area contributed by atoms with Gasteiger partial charge in [0.15, 0.2) is 5.78 Å². The Balaban J connectivity index is 1.38. The van der Waals surface area contributed by atoms with Crippen LogP contribution in [-0.4, -0.2) is 27.9 Å². The van der Waals surface area contributed by atoms with Crippen molar-refractivity contribution in [3.63, 3.8) is 0 Å². The molecular weight excluding hydrogens is 561 g/mol. The van der Waals surface area contributed by atoms with E-state index in [0.29, 0.717) is 35.9 Å². The summed E-state index contributed by atoms with van der Waals surface area (Å²) in [4.78, 5) is 29.2. The third-order valence-corrected chi connectivity index (χ3v) is 6.70. The maximum atomic E-state index is 12.8. The summed E-state index contributed by atoms with van der Waals surface area (Å²) in [6.07, 6.45) is -2.20. The average molecular weight is 593 g/mol. The Morgan fingerprint density at radius 2 is 1.67 bits per heavy atom. The Bertz CT molecular complexity index is 1560. The van der Waals surface area contributed by atoms with Crippen molar-refractivity contribution in [2.75, 3.05) is 0 Å². The van der Waals surface area contributed by atoms with E-state index in [-0.39, 0.29) is 18.6 Å². The maximum absolute atomic E-state index is 12.8. The minimum absolute atomic E-state index is 0.0659. The minimum atomic E-state index is -4.51. The first kappa shape index (κ1) is 31.1. The highest BCUT2D eigenvalue weighted by Crippen LogP contribution is 2.29. The van der Waals surface area contributed by atoms with E-state index in [1.165, 1.54) is 6.08 Å². The van der Waals surface area contributed by atoms with E-state index >= 15 is 0 Å². The summed E-state index contributed by atoms with van der Waals surface area (Å²) in [6, 6.07) is 19.4. The number of alkyl halides is 3. The molecule has 43 heavy (non-hydrogen) atoms. The second-order valence-electron chi connectivity index (χ2n) is 9.74. The van der Waals surface area contributed by atoms with Crippen LogP contribution >= 0.6 is 0 Å². The van der Waals surface area contributed by atoms with Gasteiger partial charge in [-0.15, -0.1) is 0 Å². The molecule has 0 bridgehead atoms. The number of ether oxygens (including phenoxy) is 1. The van der Waals surface area contributed by atoms with Crippen LogP contribution in [0, 0.1) is 0 Å². The first-order valence-electron chi connectivity index (χ1n) is 13.7. The van der Waals surface area contributed by atoms with Gasteiger partial charge in [0, 0.05) is 35.7 Å². The Kier molecular flexibility index (Phi) is 10.0. The summed E-state index contributed by atoms with van der Waals surface area (Å²) in [5, 5.41) is 12.7. The number of aryl methyl sites for hydroxylation is 1. The van der Waals surface area contributed by atoms with Gasteiger partial charge in [0.05, 0.1) is 5.56 Å². The molecule has 0 unspecified atom stereocenters. The number of ketones is 1. The third kappa shape index (κ3) is 8.34. The number of oxazole rings is 1. The van der Waals surface area contributed by atoms with Crippen molar-refractivity contribution in [2.45, 2.75) is 51.9 Å². The van der Waals surface area contributed by atoms with Crippen LogP contribution in [0.15, 0.2) is 95.1 Å². The predicted molar refractivity (Wildman–Crippen MR) is 155 cm³/mol. The Hall–Kier alpha value is -4.86. The molecule has 224 valence electrons. The quantitative estimate of drug-likeness (QED) is 0.124. The number of rotatable bonds is 13. The number of nitrogens with one attached hydrogen (secondary N) is 1. The maximum Gasteiger partial charge on any atom is 0.416 e. The Morgan fingerprint density at radius 3 is 2.26 bits per heavy atom. The molecule has 4 aromatic rings. The van der Waals surface area contributed by atoms with Crippen LogP contribution in [0.2, 0.25) is 0 Å². The topological polar surface area (TPSA) is 102 Å². The highest BCUT2D eigenvalue weighted by Gasteiger charge is 2.30. The van der Waals surface area contributed by atoms with Crippen LogP contribution in [0.1, 0.15) is 53.2 Å². The Labute approximate surface area is 247 Å². The molecule has 0 aliphatic rings. The fraction of sp³-hybridized carbons (Fsp3) is 0.242. The largest absolute Gasteiger partial charge is 0.487 e. The summed E-state index contributed by atoms with van der Waals surface area (Å²) in [6.45, 7) is 3.92. The lowest BCUT2D eigenvalue weighted by Gasteiger charge is -2.18. The molecule has 1 heterocycles. The number of aliphatic carboxylic acids is 1. The van der Waals surface area contributed by atoms with Crippen molar-refractivity contribution < 1.29 is 37.0 Å². The van der Waals surface area contributed by atoms with Crippen molar-refractivity contribution in [3.05, 3.63) is 119 Å². The summed E-state index contributed by atoms with van der Waals surface area (Å²) >= 11 is 0. The molecule has 0 spiro atoms. The number of allylic oxidation sites excluding steroid dienone is 2. The first-order valence-corrected chi connectivity index (χ1v) is 13.7. The number of carboxylic acid groups (broad SMARTS) is 1. The minimum Gasteiger partial charge on any atom is -0.487 e. The van der Waals surface area contributed by atoms with Gasteiger partial charge in [-0.3, -0.25) is 4.79 Å². The van der Waals surface area contributed by atoms with Crippen molar-refractivity contribution in [2.24, 2.45) is 0 Å². The standard InChI is InChI=1S/C33H31F3N2O5/c1-3-25(19-29(39)22-12-14-24(15-13-22)33(34,35)36)37-27(32(40)41)18-21-10-16-26(17-11-21)42-20-28-30(4-2)43-31(38-28)23-8-6-5-7-9-23/h5-17,19,27,37H,3-4,18,20H2,1-2H3,(H,40,41)/t27-/m0/s1. The van der Waals surface area contributed by atoms with E-state index in [1.807, 2.05) is 37.3 Å². The molecule has 0 aliphatic carbocycles. The van der Waals surface area contributed by atoms with Gasteiger partial charge >= 0.3 is 12.1 Å². The molecule has 10 heteroatoms. The van der Waals surface area contributed by atoms with Gasteiger partial charge in [-0.1, -0.05) is 56.3 Å². The second kappa shape index (κ2) is 13.9. The number of carbonyl (C=O) groups is 2. The average Bonchev–Trinajstić information content (AvgIpc) is 3.43. The van der Waals surface area contributed by atoms with Crippen LogP contribution in [0.25, 0.3) is 11.5 Å². The van der Waals surface area contributed by atoms with Crippen LogP contribution in [0.3, 0.4) is 0 Å². The van der Waals surface area contributed by atoms with Crippen molar-refractivity contribution in [3.8, 4) is 17.2 Å². The van der Waals surface area contributed by atoms with E-state index in [9.17, 15) is 27.9 Å². The third-order valence-electron chi connectivity index (χ3n) is 6.70. The molecule has 0 amide bonds. The molecule has 0 aliphatic heterocycles. The zero-order valence-corrected chi connectivity index (χ0v) is 23.6. The normalized spacial score (nSPS) is 12.5. The molecule has 7 nitrogen and oxygen atoms in total. The zero-order valence-electron chi connectivity index (χ0n) is 23.6. The fourth-order valence-electron chi connectivity index (χ4n) is 4.32. The van der Waals surface area contributed by atoms with Crippen LogP contribution in [0.5, 0.6) is 5.75 Å². The molecular formula is C33H31F3N2O5. The number of carboxylic acids is 1. The lowest BCUT2D eigenvalue weighted by atomic mass is 10.0. The molecule has 1 aromatic heterocycles. The number of aromatic nitrogens is 1. The van der Waals surface area contributed by atoms with Gasteiger partial charge in [0.1, 0.15) is 29.9 Å². The van der Waals surface area contributed by atoms with Gasteiger partial charge in [0.2, 0.25) is 5.89 Å². The van der Waals surface area contributed by atoms with Crippen molar-refractivity contribution in [1.29, 1.82) is 0 Å². The number of carbonyl (C=O) groups excluding carboxylic acids is 1. The SMILES string of the molecule is CCC(=CC(=O)c1ccc(C(F)(F)F)cc1)N[C@@H](Cc1ccc(OCc2nc(-c3ccccc3)oc2CC)cc1)C(=O)O. The predicted octanol–water partition coefficient (Wildman–Crippen LogP) is 7.26. The smallest absolute Gasteiger partial charge is 0.416 e. The zero-order chi connectivity index (χ0) is 31.0. The number of hydrogen-bond donors (Lipinski definition) is 2. The lowest BCUT2D eigenvalue weighted by Crippen LogP contribution is -2.38. The molecule has 4 rings (SSSR count). The highest BCUT2D eigenvalue weighted by atomic mass is 19.4. The number of nitrogens with zero attached hydrogens (tertiary/aromatic N) is 1. The molecule has 0 saturated carbocycles. The summed E-state index contributed by atoms with van der Waals surface area (Å²) in [7, 11) is 0. The molecule has 0 radical (unpaired) electrons. The molecule has 3 aromatic carbocycles.